The van der Waals surface area contributed by atoms with E-state index in [9.17, 15) is 4.79 Å². The molecular weight excluding hydrogens is 152 g/mol. The predicted octanol–water partition coefficient (Wildman–Crippen LogP) is 1.24. The van der Waals surface area contributed by atoms with Crippen molar-refractivity contribution in [3.8, 4) is 12.1 Å². The van der Waals surface area contributed by atoms with Gasteiger partial charge in [-0.15, -0.1) is 0 Å². The molecule has 12 heavy (non-hydrogen) atoms. The molecule has 0 atom stereocenters. The highest BCUT2D eigenvalue weighted by Crippen LogP contribution is 2.07. The van der Waals surface area contributed by atoms with E-state index in [2.05, 4.69) is 0 Å². The third-order valence-corrected chi connectivity index (χ3v) is 1.43. The summed E-state index contributed by atoms with van der Waals surface area (Å²) in [6, 6.07) is 8.08. The molecule has 0 radical (unpaired) electrons. The summed E-state index contributed by atoms with van der Waals surface area (Å²) in [7, 11) is 0. The Hall–Kier alpha value is -2.13. The summed E-state index contributed by atoms with van der Waals surface area (Å²) >= 11 is 0. The van der Waals surface area contributed by atoms with Crippen molar-refractivity contribution in [3.63, 3.8) is 0 Å². The van der Waals surface area contributed by atoms with Crippen molar-refractivity contribution in [2.75, 3.05) is 0 Å². The van der Waals surface area contributed by atoms with Crippen LogP contribution < -0.4 is 0 Å². The van der Waals surface area contributed by atoms with E-state index in [4.69, 9.17) is 10.5 Å². The number of nitrogens with zero attached hydrogens (tertiary/aromatic N) is 2. The zero-order valence-electron chi connectivity index (χ0n) is 6.11. The van der Waals surface area contributed by atoms with Gasteiger partial charge in [0.2, 0.25) is 0 Å². The number of benzene rings is 1. The van der Waals surface area contributed by atoms with Crippen LogP contribution in [0.25, 0.3) is 0 Å². The number of hydrogen-bond donors (Lipinski definition) is 0. The van der Waals surface area contributed by atoms with Gasteiger partial charge in [0, 0.05) is 5.56 Å². The lowest BCUT2D eigenvalue weighted by Crippen LogP contribution is -1.87. The van der Waals surface area contributed by atoms with Gasteiger partial charge in [0.25, 0.3) is 0 Å². The molecular formula is C9H4N2O. The van der Waals surface area contributed by atoms with Gasteiger partial charge in [-0.25, -0.2) is 0 Å². The van der Waals surface area contributed by atoms with Crippen LogP contribution in [-0.2, 0) is 0 Å². The predicted molar refractivity (Wildman–Crippen MR) is 41.3 cm³/mol. The van der Waals surface area contributed by atoms with Crippen molar-refractivity contribution >= 4 is 6.29 Å². The zero-order chi connectivity index (χ0) is 8.97. The number of carbonyl (C=O) groups is 1. The van der Waals surface area contributed by atoms with E-state index in [0.717, 1.165) is 0 Å². The molecule has 1 aromatic carbocycles. The van der Waals surface area contributed by atoms with Gasteiger partial charge in [-0.3, -0.25) is 4.79 Å². The van der Waals surface area contributed by atoms with E-state index < -0.39 is 0 Å². The van der Waals surface area contributed by atoms with Crippen molar-refractivity contribution in [3.05, 3.63) is 34.9 Å². The van der Waals surface area contributed by atoms with Crippen molar-refractivity contribution in [2.24, 2.45) is 0 Å². The largest absolute Gasteiger partial charge is 0.298 e. The average molecular weight is 156 g/mol. The van der Waals surface area contributed by atoms with Gasteiger partial charge in [0.15, 0.2) is 6.29 Å². The molecule has 0 saturated heterocycles. The van der Waals surface area contributed by atoms with Crippen molar-refractivity contribution in [1.82, 2.24) is 0 Å². The lowest BCUT2D eigenvalue weighted by molar-refractivity contribution is 0.112. The second kappa shape index (κ2) is 3.32. The van der Waals surface area contributed by atoms with Crippen LogP contribution in [0.3, 0.4) is 0 Å². The van der Waals surface area contributed by atoms with Crippen LogP contribution >= 0.6 is 0 Å². The van der Waals surface area contributed by atoms with Crippen LogP contribution in [0.15, 0.2) is 18.2 Å². The Bertz CT molecular complexity index is 396. The van der Waals surface area contributed by atoms with Crippen LogP contribution in [0.5, 0.6) is 0 Å². The van der Waals surface area contributed by atoms with E-state index >= 15 is 0 Å². The Balaban J connectivity index is 3.34. The lowest BCUT2D eigenvalue weighted by Gasteiger charge is -1.93. The average Bonchev–Trinajstić information content (AvgIpc) is 2.16. The van der Waals surface area contributed by atoms with Crippen LogP contribution in [0, 0.1) is 22.7 Å². The van der Waals surface area contributed by atoms with Crippen LogP contribution in [0.4, 0.5) is 0 Å². The maximum atomic E-state index is 10.4. The summed E-state index contributed by atoms with van der Waals surface area (Å²) in [5, 5.41) is 17.0. The fourth-order valence-corrected chi connectivity index (χ4v) is 0.825. The summed E-state index contributed by atoms with van der Waals surface area (Å²) in [5.41, 5.74) is 0.942. The molecule has 0 saturated carbocycles. The first kappa shape index (κ1) is 7.97. The van der Waals surface area contributed by atoms with E-state index in [1.54, 1.807) is 0 Å². The number of hydrogen-bond acceptors (Lipinski definition) is 3. The molecule has 56 valence electrons. The van der Waals surface area contributed by atoms with Gasteiger partial charge in [-0.1, -0.05) is 0 Å². The standard InChI is InChI=1S/C9H4N2O/c10-4-7-1-2-8(6-12)9(3-7)5-11/h1-3,6H. The summed E-state index contributed by atoms with van der Waals surface area (Å²) in [4.78, 5) is 10.4. The highest BCUT2D eigenvalue weighted by atomic mass is 16.1. The maximum Gasteiger partial charge on any atom is 0.151 e. The Morgan fingerprint density at radius 2 is 2.00 bits per heavy atom. The fraction of sp³-hybridized carbons (Fsp3) is 0. The maximum absolute atomic E-state index is 10.4. The molecule has 0 aliphatic heterocycles. The van der Waals surface area contributed by atoms with Crippen LogP contribution in [-0.4, -0.2) is 6.29 Å². The molecule has 1 aromatic rings. The zero-order valence-corrected chi connectivity index (χ0v) is 6.11. The van der Waals surface area contributed by atoms with Gasteiger partial charge in [0.1, 0.15) is 0 Å². The SMILES string of the molecule is N#Cc1ccc(C=O)c(C#N)c1. The second-order valence-electron chi connectivity index (χ2n) is 2.14. The lowest BCUT2D eigenvalue weighted by atomic mass is 10.1. The van der Waals surface area contributed by atoms with E-state index in [1.807, 2.05) is 12.1 Å². The second-order valence-corrected chi connectivity index (χ2v) is 2.14. The monoisotopic (exact) mass is 156 g/mol. The number of nitriles is 2. The van der Waals surface area contributed by atoms with E-state index in [-0.39, 0.29) is 5.56 Å². The summed E-state index contributed by atoms with van der Waals surface area (Å²) in [5.74, 6) is 0. The van der Waals surface area contributed by atoms with Gasteiger partial charge in [0.05, 0.1) is 23.3 Å². The Morgan fingerprint density at radius 3 is 2.50 bits per heavy atom. The topological polar surface area (TPSA) is 64.7 Å². The van der Waals surface area contributed by atoms with Crippen molar-refractivity contribution < 1.29 is 4.79 Å². The molecule has 0 aliphatic carbocycles. The number of aldehydes is 1. The quantitative estimate of drug-likeness (QED) is 0.574. The first-order valence-electron chi connectivity index (χ1n) is 3.21. The highest BCUT2D eigenvalue weighted by molar-refractivity contribution is 5.79. The molecule has 0 spiro atoms. The molecule has 0 aromatic heterocycles. The van der Waals surface area contributed by atoms with Crippen LogP contribution in [0.2, 0.25) is 0 Å². The Morgan fingerprint density at radius 1 is 1.25 bits per heavy atom. The molecule has 0 fully saturated rings. The molecule has 0 bridgehead atoms. The third-order valence-electron chi connectivity index (χ3n) is 1.43. The van der Waals surface area contributed by atoms with Crippen molar-refractivity contribution in [2.45, 2.75) is 0 Å². The Labute approximate surface area is 69.5 Å². The minimum atomic E-state index is 0.240. The molecule has 0 aliphatic rings. The van der Waals surface area contributed by atoms with Gasteiger partial charge in [-0.05, 0) is 18.2 Å². The third kappa shape index (κ3) is 1.31. The summed E-state index contributed by atoms with van der Waals surface area (Å²) < 4.78 is 0. The molecule has 3 nitrogen and oxygen atoms in total. The minimum absolute atomic E-state index is 0.240. The minimum Gasteiger partial charge on any atom is -0.298 e. The van der Waals surface area contributed by atoms with Gasteiger partial charge in [-0.2, -0.15) is 10.5 Å². The molecule has 0 amide bonds. The first-order valence-corrected chi connectivity index (χ1v) is 3.21. The smallest absolute Gasteiger partial charge is 0.151 e. The van der Waals surface area contributed by atoms with E-state index in [1.165, 1.54) is 18.2 Å². The summed E-state index contributed by atoms with van der Waals surface area (Å²) in [6.45, 7) is 0. The fourth-order valence-electron chi connectivity index (χ4n) is 0.825. The first-order chi connectivity index (χ1) is 5.81. The molecule has 0 N–H and O–H groups in total. The number of rotatable bonds is 1. The Kier molecular flexibility index (Phi) is 2.20. The molecule has 0 unspecified atom stereocenters. The molecule has 3 heteroatoms. The number of carbonyl (C=O) groups excluding carboxylic acids is 1. The van der Waals surface area contributed by atoms with E-state index in [0.29, 0.717) is 17.4 Å². The highest BCUT2D eigenvalue weighted by Gasteiger charge is 2.00. The molecule has 1 rings (SSSR count). The van der Waals surface area contributed by atoms with Gasteiger partial charge < -0.3 is 0 Å². The summed E-state index contributed by atoms with van der Waals surface area (Å²) in [6.07, 6.45) is 0.597. The van der Waals surface area contributed by atoms with Gasteiger partial charge >= 0.3 is 0 Å². The molecule has 0 heterocycles. The van der Waals surface area contributed by atoms with Crippen LogP contribution in [0.1, 0.15) is 21.5 Å². The normalized spacial score (nSPS) is 8.17. The van der Waals surface area contributed by atoms with Crippen molar-refractivity contribution in [1.29, 1.82) is 10.5 Å².